The van der Waals surface area contributed by atoms with Crippen LogP contribution < -0.4 is 4.74 Å². The van der Waals surface area contributed by atoms with Crippen LogP contribution in [0.3, 0.4) is 0 Å². The van der Waals surface area contributed by atoms with E-state index in [0.717, 1.165) is 12.8 Å². The second kappa shape index (κ2) is 7.28. The predicted octanol–water partition coefficient (Wildman–Crippen LogP) is 4.04. The molecule has 0 radical (unpaired) electrons. The summed E-state index contributed by atoms with van der Waals surface area (Å²) in [6.07, 6.45) is 0. The summed E-state index contributed by atoms with van der Waals surface area (Å²) < 4.78 is 7.33. The van der Waals surface area contributed by atoms with E-state index in [9.17, 15) is 4.79 Å². The Morgan fingerprint density at radius 3 is 2.60 bits per heavy atom. The van der Waals surface area contributed by atoms with E-state index in [1.165, 1.54) is 11.3 Å². The topological polar surface area (TPSA) is 29.5 Å². The van der Waals surface area contributed by atoms with E-state index >= 15 is 0 Å². The zero-order valence-electron chi connectivity index (χ0n) is 10.8. The highest BCUT2D eigenvalue weighted by Crippen LogP contribution is 2.22. The monoisotopic (exact) mass is 421 g/mol. The van der Waals surface area contributed by atoms with Gasteiger partial charge >= 0.3 is 0 Å². The zero-order valence-corrected chi connectivity index (χ0v) is 14.5. The van der Waals surface area contributed by atoms with Gasteiger partial charge in [-0.25, -0.2) is 0 Å². The molecule has 1 aromatic heterocycles. The second-order valence-electron chi connectivity index (χ2n) is 4.20. The number of thiophene rings is 1. The molecular formula is C14H13ClINO2S. The van der Waals surface area contributed by atoms with Crippen molar-refractivity contribution in [1.29, 1.82) is 0 Å². The fraction of sp³-hybridized carbons (Fsp3) is 0.214. The molecule has 106 valence electrons. The van der Waals surface area contributed by atoms with Crippen molar-refractivity contribution < 1.29 is 9.53 Å². The summed E-state index contributed by atoms with van der Waals surface area (Å²) in [6, 6.07) is 11.4. The highest BCUT2D eigenvalue weighted by atomic mass is 127. The van der Waals surface area contributed by atoms with Gasteiger partial charge in [-0.1, -0.05) is 11.6 Å². The van der Waals surface area contributed by atoms with Crippen LogP contribution in [0.15, 0.2) is 36.4 Å². The first-order valence-corrected chi connectivity index (χ1v) is 8.18. The number of amides is 1. The molecule has 0 aliphatic heterocycles. The molecule has 0 aliphatic carbocycles. The highest BCUT2D eigenvalue weighted by molar-refractivity contribution is 14.1. The molecule has 1 aromatic carbocycles. The predicted molar refractivity (Wildman–Crippen MR) is 90.5 cm³/mol. The number of rotatable bonds is 5. The number of likely N-dealkylation sites (N-methyl/N-ethyl adjacent to an activating group) is 1. The molecule has 0 unspecified atom stereocenters. The molecule has 0 bridgehead atoms. The smallest absolute Gasteiger partial charge is 0.260 e. The molecule has 0 spiro atoms. The first kappa shape index (κ1) is 15.6. The van der Waals surface area contributed by atoms with Crippen molar-refractivity contribution in [2.75, 3.05) is 13.7 Å². The van der Waals surface area contributed by atoms with Gasteiger partial charge in [0.1, 0.15) is 5.75 Å². The lowest BCUT2D eigenvalue weighted by Crippen LogP contribution is -2.30. The molecule has 2 rings (SSSR count). The quantitative estimate of drug-likeness (QED) is 0.682. The van der Waals surface area contributed by atoms with Crippen molar-refractivity contribution in [3.05, 3.63) is 49.2 Å². The van der Waals surface area contributed by atoms with Gasteiger partial charge in [0.2, 0.25) is 0 Å². The summed E-state index contributed by atoms with van der Waals surface area (Å²) in [4.78, 5) is 14.7. The number of hydrogen-bond acceptors (Lipinski definition) is 3. The first-order chi connectivity index (χ1) is 9.54. The lowest BCUT2D eigenvalue weighted by atomic mass is 10.3. The summed E-state index contributed by atoms with van der Waals surface area (Å²) in [6.45, 7) is 0.586. The molecule has 6 heteroatoms. The molecule has 3 nitrogen and oxygen atoms in total. The number of carbonyl (C=O) groups is 1. The van der Waals surface area contributed by atoms with Crippen LogP contribution in [0.4, 0.5) is 0 Å². The summed E-state index contributed by atoms with van der Waals surface area (Å²) in [5, 5.41) is 0. The zero-order chi connectivity index (χ0) is 14.5. The molecule has 0 saturated carbocycles. The molecule has 20 heavy (non-hydrogen) atoms. The average molecular weight is 422 g/mol. The van der Waals surface area contributed by atoms with E-state index in [-0.39, 0.29) is 12.5 Å². The highest BCUT2D eigenvalue weighted by Gasteiger charge is 2.11. The summed E-state index contributed by atoms with van der Waals surface area (Å²) in [7, 11) is 1.76. The van der Waals surface area contributed by atoms with Gasteiger partial charge in [0, 0.05) is 15.5 Å². The van der Waals surface area contributed by atoms with Crippen molar-refractivity contribution in [3.63, 3.8) is 0 Å². The van der Waals surface area contributed by atoms with E-state index in [2.05, 4.69) is 22.6 Å². The third kappa shape index (κ3) is 4.64. The molecule has 0 N–H and O–H groups in total. The Morgan fingerprint density at radius 2 is 2.00 bits per heavy atom. The average Bonchev–Trinajstić information content (AvgIpc) is 2.83. The first-order valence-electron chi connectivity index (χ1n) is 5.91. The third-order valence-corrected chi connectivity index (χ3v) is 4.56. The van der Waals surface area contributed by atoms with E-state index in [0.29, 0.717) is 12.3 Å². The van der Waals surface area contributed by atoms with Crippen molar-refractivity contribution in [2.45, 2.75) is 6.54 Å². The van der Waals surface area contributed by atoms with Crippen LogP contribution in [0, 0.1) is 3.57 Å². The molecular weight excluding hydrogens is 409 g/mol. The SMILES string of the molecule is CN(Cc1ccc(Cl)s1)C(=O)COc1ccc(I)cc1. The molecule has 1 amide bonds. The Morgan fingerprint density at radius 1 is 1.30 bits per heavy atom. The number of ether oxygens (including phenoxy) is 1. The van der Waals surface area contributed by atoms with Crippen molar-refractivity contribution in [2.24, 2.45) is 0 Å². The van der Waals surface area contributed by atoms with Gasteiger partial charge in [-0.05, 0) is 59.0 Å². The molecule has 0 aliphatic rings. The number of halogens is 2. The minimum Gasteiger partial charge on any atom is -0.484 e. The maximum atomic E-state index is 12.0. The second-order valence-corrected chi connectivity index (χ2v) is 7.24. The molecule has 0 atom stereocenters. The Hall–Kier alpha value is -0.790. The van der Waals surface area contributed by atoms with Crippen molar-refractivity contribution >= 4 is 51.4 Å². The van der Waals surface area contributed by atoms with Gasteiger partial charge < -0.3 is 9.64 Å². The lowest BCUT2D eigenvalue weighted by Gasteiger charge is -2.16. The maximum absolute atomic E-state index is 12.0. The third-order valence-electron chi connectivity index (χ3n) is 2.62. The van der Waals surface area contributed by atoms with Crippen LogP contribution >= 0.6 is 45.5 Å². The Balaban J connectivity index is 1.83. The number of hydrogen-bond donors (Lipinski definition) is 0. The minimum atomic E-state index is -0.0620. The van der Waals surface area contributed by atoms with Crippen molar-refractivity contribution in [1.82, 2.24) is 4.90 Å². The molecule has 0 saturated heterocycles. The van der Waals surface area contributed by atoms with Gasteiger partial charge in [-0.2, -0.15) is 0 Å². The standard InChI is InChI=1S/C14H13ClINO2S/c1-17(8-12-6-7-13(15)20-12)14(18)9-19-11-4-2-10(16)3-5-11/h2-7H,8-9H2,1H3. The number of benzene rings is 1. The largest absolute Gasteiger partial charge is 0.484 e. The fourth-order valence-electron chi connectivity index (χ4n) is 1.54. The van der Waals surface area contributed by atoms with Crippen molar-refractivity contribution in [3.8, 4) is 5.75 Å². The molecule has 2 aromatic rings. The Labute approximate surface area is 140 Å². The van der Waals surface area contributed by atoms with Crippen LogP contribution in [0.2, 0.25) is 4.34 Å². The van der Waals surface area contributed by atoms with Crippen LogP contribution in [-0.2, 0) is 11.3 Å². The summed E-state index contributed by atoms with van der Waals surface area (Å²) in [5.41, 5.74) is 0. The fourth-order valence-corrected chi connectivity index (χ4v) is 3.05. The minimum absolute atomic E-state index is 0.0379. The normalized spacial score (nSPS) is 10.3. The maximum Gasteiger partial charge on any atom is 0.260 e. The van der Waals surface area contributed by atoms with E-state index in [1.807, 2.05) is 36.4 Å². The van der Waals surface area contributed by atoms with Crippen LogP contribution in [0.1, 0.15) is 4.88 Å². The van der Waals surface area contributed by atoms with Gasteiger partial charge in [-0.3, -0.25) is 4.79 Å². The van der Waals surface area contributed by atoms with Gasteiger partial charge in [-0.15, -0.1) is 11.3 Å². The molecule has 1 heterocycles. The lowest BCUT2D eigenvalue weighted by molar-refractivity contribution is -0.132. The summed E-state index contributed by atoms with van der Waals surface area (Å²) in [5.74, 6) is 0.638. The summed E-state index contributed by atoms with van der Waals surface area (Å²) >= 11 is 9.57. The van der Waals surface area contributed by atoms with Gasteiger partial charge in [0.15, 0.2) is 6.61 Å². The number of nitrogens with zero attached hydrogens (tertiary/aromatic N) is 1. The molecule has 0 fully saturated rings. The number of carbonyl (C=O) groups excluding carboxylic acids is 1. The van der Waals surface area contributed by atoms with Gasteiger partial charge in [0.05, 0.1) is 10.9 Å². The van der Waals surface area contributed by atoms with Gasteiger partial charge in [0.25, 0.3) is 5.91 Å². The van der Waals surface area contributed by atoms with Crippen LogP contribution in [0.25, 0.3) is 0 Å². The van der Waals surface area contributed by atoms with Crippen LogP contribution in [-0.4, -0.2) is 24.5 Å². The van der Waals surface area contributed by atoms with E-state index in [1.54, 1.807) is 11.9 Å². The Kier molecular flexibility index (Phi) is 5.68. The Bertz CT molecular complexity index is 585. The van der Waals surface area contributed by atoms with E-state index in [4.69, 9.17) is 16.3 Å². The van der Waals surface area contributed by atoms with E-state index < -0.39 is 0 Å². The van der Waals surface area contributed by atoms with Crippen LogP contribution in [0.5, 0.6) is 5.75 Å².